The molecule has 6 rings (SSSR count). The van der Waals surface area contributed by atoms with E-state index in [9.17, 15) is 25.9 Å². The monoisotopic (exact) mass is 729 g/mol. The van der Waals surface area contributed by atoms with Crippen LogP contribution in [0, 0.1) is 0 Å². The van der Waals surface area contributed by atoms with Gasteiger partial charge in [-0.1, -0.05) is 48.1 Å². The number of hydrogen-bond donors (Lipinski definition) is 0. The summed E-state index contributed by atoms with van der Waals surface area (Å²) >= 11 is 9.49. The number of aromatic nitrogens is 1. The van der Waals surface area contributed by atoms with Crippen LogP contribution in [0.15, 0.2) is 84.3 Å². The molecule has 0 atom stereocenters. The van der Waals surface area contributed by atoms with Crippen LogP contribution in [0.4, 0.5) is 5.69 Å². The molecule has 0 aliphatic carbocycles. The highest BCUT2D eigenvalue weighted by Crippen LogP contribution is 2.44. The van der Waals surface area contributed by atoms with E-state index >= 15 is 0 Å². The summed E-state index contributed by atoms with van der Waals surface area (Å²) in [5.41, 5.74) is 3.49. The largest absolute Gasteiger partial charge is 0.748 e. The number of halogens is 1. The van der Waals surface area contributed by atoms with Crippen molar-refractivity contribution >= 4 is 86.6 Å². The minimum absolute atomic E-state index is 0.115. The molecular weight excluding hydrogens is 700 g/mol. The molecule has 246 valence electrons. The van der Waals surface area contributed by atoms with Gasteiger partial charge in [0.2, 0.25) is 11.4 Å². The van der Waals surface area contributed by atoms with Gasteiger partial charge in [-0.2, -0.15) is 4.57 Å². The molecule has 0 amide bonds. The third-order valence-electron chi connectivity index (χ3n) is 7.71. The summed E-state index contributed by atoms with van der Waals surface area (Å²) in [4.78, 5) is 2.99. The average Bonchev–Trinajstić information content (AvgIpc) is 3.69. The van der Waals surface area contributed by atoms with Crippen LogP contribution in [-0.2, 0) is 26.8 Å². The van der Waals surface area contributed by atoms with E-state index < -0.39 is 31.7 Å². The van der Waals surface area contributed by atoms with Gasteiger partial charge in [-0.05, 0) is 71.8 Å². The first-order valence-corrected chi connectivity index (χ1v) is 20.0. The van der Waals surface area contributed by atoms with Crippen molar-refractivity contribution in [3.05, 3.63) is 94.3 Å². The van der Waals surface area contributed by atoms with Crippen molar-refractivity contribution in [2.24, 2.45) is 0 Å². The molecule has 2 aromatic heterocycles. The van der Waals surface area contributed by atoms with E-state index in [4.69, 9.17) is 16.3 Å². The fraction of sp³-hybridized carbons (Fsp3) is 0.242. The third-order valence-corrected chi connectivity index (χ3v) is 11.8. The Morgan fingerprint density at radius 3 is 2.45 bits per heavy atom. The number of thiophene rings is 1. The summed E-state index contributed by atoms with van der Waals surface area (Å²) in [5, 5.41) is 2.53. The first-order valence-electron chi connectivity index (χ1n) is 14.9. The maximum Gasteiger partial charge on any atom is 0.263 e. The van der Waals surface area contributed by atoms with Crippen molar-refractivity contribution in [2.45, 2.75) is 32.7 Å². The Morgan fingerprint density at radius 2 is 1.70 bits per heavy atom. The Morgan fingerprint density at radius 1 is 0.936 bits per heavy atom. The van der Waals surface area contributed by atoms with E-state index in [0.717, 1.165) is 42.3 Å². The van der Waals surface area contributed by atoms with Crippen LogP contribution in [-0.4, -0.2) is 44.0 Å². The van der Waals surface area contributed by atoms with Crippen molar-refractivity contribution in [1.29, 1.82) is 0 Å². The average molecular weight is 730 g/mol. The summed E-state index contributed by atoms with van der Waals surface area (Å²) < 4.78 is 78.7. The molecule has 0 unspecified atom stereocenters. The number of aryl methyl sites for hydroxylation is 1. The third kappa shape index (κ3) is 8.06. The van der Waals surface area contributed by atoms with Crippen LogP contribution in [0.25, 0.3) is 36.8 Å². The molecule has 0 saturated carbocycles. The second-order valence-corrected chi connectivity index (χ2v) is 16.7. The Kier molecular flexibility index (Phi) is 9.77. The summed E-state index contributed by atoms with van der Waals surface area (Å²) in [6.07, 6.45) is 4.77. The SMILES string of the molecule is CCC(/C=C1\Oc2ccc(-c3cc4ccccc4s3)cc2N1CCCS(=O)(=O)[O-])=C\c1sc2ccc(Cl)cc2[n+]1CCCS(=O)(=O)[O-]. The summed E-state index contributed by atoms with van der Waals surface area (Å²) in [7, 11) is -8.76. The first kappa shape index (κ1) is 33.6. The predicted octanol–water partition coefficient (Wildman–Crippen LogP) is 7.13. The maximum atomic E-state index is 11.5. The van der Waals surface area contributed by atoms with Crippen LogP contribution >= 0.6 is 34.3 Å². The quantitative estimate of drug-likeness (QED) is 0.0980. The van der Waals surface area contributed by atoms with Gasteiger partial charge in [0.1, 0.15) is 4.70 Å². The highest BCUT2D eigenvalue weighted by Gasteiger charge is 2.28. The van der Waals surface area contributed by atoms with E-state index in [-0.39, 0.29) is 19.4 Å². The zero-order valence-corrected chi connectivity index (χ0v) is 29.2. The Bertz CT molecular complexity index is 2220. The number of allylic oxidation sites excluding steroid dienone is 2. The second kappa shape index (κ2) is 13.7. The van der Waals surface area contributed by atoms with Gasteiger partial charge in [0.25, 0.3) is 5.01 Å². The van der Waals surface area contributed by atoms with E-state index in [1.165, 1.54) is 16.0 Å². The standard InChI is InChI=1S/C33H31ClN2O7S4/c1-2-22(18-33-36(14-6-16-47(40,41)42)27-21-25(34)10-12-30(27)45-33)17-32-35(13-5-15-46(37,38)39)26-19-24(9-11-28(26)43-32)31-20-23-7-3-4-8-29(23)44-31/h3-4,7-12,17-21H,2,5-6,13-16H2,1H3,(H-,37,38,39,40,41,42)/p-1. The normalized spacial score (nSPS) is 14.8. The zero-order valence-electron chi connectivity index (χ0n) is 25.2. The molecule has 0 fully saturated rings. The first-order chi connectivity index (χ1) is 22.4. The van der Waals surface area contributed by atoms with Crippen LogP contribution in [0.3, 0.4) is 0 Å². The Balaban J connectivity index is 1.37. The number of nitrogens with zero attached hydrogens (tertiary/aromatic N) is 2. The fourth-order valence-corrected chi connectivity index (χ4v) is 8.83. The minimum atomic E-state index is -4.40. The highest BCUT2D eigenvalue weighted by molar-refractivity contribution is 7.85. The summed E-state index contributed by atoms with van der Waals surface area (Å²) in [6.45, 7) is 2.55. The maximum absolute atomic E-state index is 11.5. The molecule has 1 aliphatic rings. The van der Waals surface area contributed by atoms with Crippen molar-refractivity contribution < 1.29 is 35.2 Å². The van der Waals surface area contributed by atoms with Crippen molar-refractivity contribution in [3.63, 3.8) is 0 Å². The molecular formula is C33H30ClN2O7S4-. The number of ether oxygens (including phenoxy) is 1. The topological polar surface area (TPSA) is 131 Å². The molecule has 0 spiro atoms. The second-order valence-electron chi connectivity index (χ2n) is 11.1. The number of rotatable bonds is 12. The van der Waals surface area contributed by atoms with Gasteiger partial charge >= 0.3 is 0 Å². The predicted molar refractivity (Wildman–Crippen MR) is 187 cm³/mol. The van der Waals surface area contributed by atoms with Gasteiger partial charge in [0.05, 0.1) is 25.9 Å². The van der Waals surface area contributed by atoms with Crippen molar-refractivity contribution in [3.8, 4) is 16.2 Å². The van der Waals surface area contributed by atoms with Crippen LogP contribution < -0.4 is 14.2 Å². The number of anilines is 1. The van der Waals surface area contributed by atoms with Crippen molar-refractivity contribution in [2.75, 3.05) is 23.0 Å². The molecule has 47 heavy (non-hydrogen) atoms. The molecule has 3 heterocycles. The molecule has 0 N–H and O–H groups in total. The van der Waals surface area contributed by atoms with Gasteiger partial charge < -0.3 is 18.7 Å². The van der Waals surface area contributed by atoms with Crippen LogP contribution in [0.5, 0.6) is 5.75 Å². The number of thiazole rings is 1. The lowest BCUT2D eigenvalue weighted by Crippen LogP contribution is -2.36. The smallest absolute Gasteiger partial charge is 0.263 e. The van der Waals surface area contributed by atoms with Gasteiger partial charge in [-0.3, -0.25) is 0 Å². The van der Waals surface area contributed by atoms with Crippen LogP contribution in [0.1, 0.15) is 31.2 Å². The molecule has 14 heteroatoms. The van der Waals surface area contributed by atoms with Crippen LogP contribution in [0.2, 0.25) is 5.02 Å². The van der Waals surface area contributed by atoms with Gasteiger partial charge in [0, 0.05) is 57.3 Å². The van der Waals surface area contributed by atoms with E-state index in [1.54, 1.807) is 17.4 Å². The van der Waals surface area contributed by atoms with Gasteiger partial charge in [-0.25, -0.2) is 16.8 Å². The molecule has 0 saturated heterocycles. The van der Waals surface area contributed by atoms with E-state index in [2.05, 4.69) is 18.2 Å². The number of hydrogen-bond acceptors (Lipinski definition) is 10. The number of fused-ring (bicyclic) bond motifs is 3. The fourth-order valence-electron chi connectivity index (χ4n) is 5.49. The lowest BCUT2D eigenvalue weighted by Gasteiger charge is -2.19. The van der Waals surface area contributed by atoms with Crippen molar-refractivity contribution in [1.82, 2.24) is 0 Å². The zero-order chi connectivity index (χ0) is 33.3. The molecule has 3 aromatic carbocycles. The Hall–Kier alpha value is -3.30. The molecule has 5 aromatic rings. The Labute approximate surface area is 286 Å². The van der Waals surface area contributed by atoms with E-state index in [1.807, 2.05) is 71.0 Å². The number of benzene rings is 3. The molecule has 0 radical (unpaired) electrons. The van der Waals surface area contributed by atoms with E-state index in [0.29, 0.717) is 29.6 Å². The lowest BCUT2D eigenvalue weighted by atomic mass is 10.1. The lowest BCUT2D eigenvalue weighted by molar-refractivity contribution is -0.668. The molecule has 9 nitrogen and oxygen atoms in total. The summed E-state index contributed by atoms with van der Waals surface area (Å²) in [5.74, 6) is 0.141. The minimum Gasteiger partial charge on any atom is -0.748 e. The van der Waals surface area contributed by atoms with Gasteiger partial charge in [0.15, 0.2) is 12.3 Å². The summed E-state index contributed by atoms with van der Waals surface area (Å²) in [6, 6.07) is 21.7. The van der Waals surface area contributed by atoms with Gasteiger partial charge in [-0.15, -0.1) is 11.3 Å². The highest BCUT2D eigenvalue weighted by atomic mass is 35.5. The molecule has 1 aliphatic heterocycles. The molecule has 0 bridgehead atoms.